The summed E-state index contributed by atoms with van der Waals surface area (Å²) in [6.07, 6.45) is 0. The van der Waals surface area contributed by atoms with Gasteiger partial charge < -0.3 is 19.7 Å². The van der Waals surface area contributed by atoms with Crippen molar-refractivity contribution in [3.8, 4) is 11.5 Å². The van der Waals surface area contributed by atoms with Crippen LogP contribution in [-0.4, -0.2) is 63.0 Å². The van der Waals surface area contributed by atoms with Gasteiger partial charge in [0.15, 0.2) is 11.5 Å². The second-order valence-electron chi connectivity index (χ2n) is 7.05. The summed E-state index contributed by atoms with van der Waals surface area (Å²) < 4.78 is 10.6. The summed E-state index contributed by atoms with van der Waals surface area (Å²) >= 11 is 0. The third-order valence-electron chi connectivity index (χ3n) is 4.86. The first-order valence-electron chi connectivity index (χ1n) is 9.90. The molecule has 1 N–H and O–H groups in total. The van der Waals surface area contributed by atoms with Gasteiger partial charge in [-0.15, -0.1) is 0 Å². The molecule has 0 radical (unpaired) electrons. The van der Waals surface area contributed by atoms with Crippen LogP contribution in [0.4, 0.5) is 0 Å². The summed E-state index contributed by atoms with van der Waals surface area (Å²) in [5, 5.41) is 2.61. The van der Waals surface area contributed by atoms with E-state index in [2.05, 4.69) is 5.32 Å². The zero-order chi connectivity index (χ0) is 22.1. The van der Waals surface area contributed by atoms with Gasteiger partial charge in [0.05, 0.1) is 20.8 Å². The van der Waals surface area contributed by atoms with Crippen LogP contribution in [0.3, 0.4) is 0 Å². The lowest BCUT2D eigenvalue weighted by atomic mass is 10.1. The van der Waals surface area contributed by atoms with Gasteiger partial charge in [-0.25, -0.2) is 0 Å². The summed E-state index contributed by atoms with van der Waals surface area (Å²) in [5.41, 5.74) is 2.64. The second-order valence-corrected chi connectivity index (χ2v) is 7.05. The van der Waals surface area contributed by atoms with Gasteiger partial charge in [0.25, 0.3) is 5.91 Å². The van der Waals surface area contributed by atoms with Crippen molar-refractivity contribution in [2.75, 3.05) is 41.4 Å². The Bertz CT molecular complexity index is 852. The number of carbonyl (C=O) groups is 2. The van der Waals surface area contributed by atoms with Gasteiger partial charge in [-0.2, -0.15) is 0 Å². The minimum atomic E-state index is -0.112. The highest BCUT2D eigenvalue weighted by Crippen LogP contribution is 2.28. The molecule has 7 heteroatoms. The van der Waals surface area contributed by atoms with Crippen molar-refractivity contribution >= 4 is 11.8 Å². The minimum Gasteiger partial charge on any atom is -0.493 e. The molecule has 0 aliphatic carbocycles. The average Bonchev–Trinajstić information content (AvgIpc) is 2.76. The maximum atomic E-state index is 12.8. The van der Waals surface area contributed by atoms with Gasteiger partial charge in [-0.1, -0.05) is 18.2 Å². The third-order valence-corrected chi connectivity index (χ3v) is 4.86. The van der Waals surface area contributed by atoms with E-state index in [1.807, 2.05) is 54.1 Å². The van der Waals surface area contributed by atoms with Gasteiger partial charge in [-0.05, 0) is 49.4 Å². The van der Waals surface area contributed by atoms with Crippen molar-refractivity contribution in [2.45, 2.75) is 20.0 Å². The van der Waals surface area contributed by atoms with E-state index in [0.717, 1.165) is 11.1 Å². The monoisotopic (exact) mass is 413 g/mol. The van der Waals surface area contributed by atoms with E-state index >= 15 is 0 Å². The number of hydrogen-bond donors (Lipinski definition) is 1. The van der Waals surface area contributed by atoms with Crippen LogP contribution in [0.5, 0.6) is 11.5 Å². The van der Waals surface area contributed by atoms with Crippen molar-refractivity contribution in [3.05, 3.63) is 59.2 Å². The molecule has 0 saturated carbocycles. The van der Waals surface area contributed by atoms with E-state index in [4.69, 9.17) is 9.47 Å². The van der Waals surface area contributed by atoms with Crippen LogP contribution < -0.4 is 14.8 Å². The summed E-state index contributed by atoms with van der Waals surface area (Å²) in [6.45, 7) is 4.01. The SMILES string of the molecule is CCN(Cc1ccc(OC)c(OC)c1)C(=O)CN(C)Cc1ccc(C(=O)NC)cc1. The van der Waals surface area contributed by atoms with Gasteiger partial charge >= 0.3 is 0 Å². The van der Waals surface area contributed by atoms with E-state index < -0.39 is 0 Å². The summed E-state index contributed by atoms with van der Waals surface area (Å²) in [7, 11) is 6.72. The molecule has 0 atom stereocenters. The molecule has 0 aliphatic heterocycles. The van der Waals surface area contributed by atoms with Crippen molar-refractivity contribution in [3.63, 3.8) is 0 Å². The predicted molar refractivity (Wildman–Crippen MR) is 117 cm³/mol. The maximum absolute atomic E-state index is 12.8. The fraction of sp³-hybridized carbons (Fsp3) is 0.391. The number of methoxy groups -OCH3 is 2. The largest absolute Gasteiger partial charge is 0.493 e. The molecule has 0 bridgehead atoms. The quantitative estimate of drug-likeness (QED) is 0.648. The molecule has 0 aromatic heterocycles. The fourth-order valence-corrected chi connectivity index (χ4v) is 3.18. The number of ether oxygens (including phenoxy) is 2. The van der Waals surface area contributed by atoms with E-state index in [-0.39, 0.29) is 11.8 Å². The normalized spacial score (nSPS) is 10.6. The van der Waals surface area contributed by atoms with E-state index in [9.17, 15) is 9.59 Å². The van der Waals surface area contributed by atoms with Gasteiger partial charge in [0.1, 0.15) is 0 Å². The molecule has 162 valence electrons. The molecule has 7 nitrogen and oxygen atoms in total. The molecule has 2 aromatic rings. The van der Waals surface area contributed by atoms with Crippen LogP contribution in [0.15, 0.2) is 42.5 Å². The molecule has 0 saturated heterocycles. The molecule has 30 heavy (non-hydrogen) atoms. The number of rotatable bonds is 10. The van der Waals surface area contributed by atoms with E-state index in [1.54, 1.807) is 33.4 Å². The smallest absolute Gasteiger partial charge is 0.251 e. The van der Waals surface area contributed by atoms with Crippen LogP contribution in [0.2, 0.25) is 0 Å². The Morgan fingerprint density at radius 1 is 0.933 bits per heavy atom. The Kier molecular flexibility index (Phi) is 8.68. The number of carbonyl (C=O) groups excluding carboxylic acids is 2. The van der Waals surface area contributed by atoms with Crippen molar-refractivity contribution in [2.24, 2.45) is 0 Å². The minimum absolute atomic E-state index is 0.0526. The maximum Gasteiger partial charge on any atom is 0.251 e. The third kappa shape index (κ3) is 6.22. The fourth-order valence-electron chi connectivity index (χ4n) is 3.18. The molecule has 0 fully saturated rings. The van der Waals surface area contributed by atoms with Crippen molar-refractivity contribution in [1.29, 1.82) is 0 Å². The average molecular weight is 414 g/mol. The van der Waals surface area contributed by atoms with Crippen molar-refractivity contribution < 1.29 is 19.1 Å². The number of hydrogen-bond acceptors (Lipinski definition) is 5. The zero-order valence-electron chi connectivity index (χ0n) is 18.4. The molecule has 0 heterocycles. The number of nitrogens with zero attached hydrogens (tertiary/aromatic N) is 2. The Balaban J connectivity index is 1.96. The Morgan fingerprint density at radius 3 is 2.13 bits per heavy atom. The van der Waals surface area contributed by atoms with Crippen LogP contribution in [0, 0.1) is 0 Å². The predicted octanol–water partition coefficient (Wildman–Crippen LogP) is 2.54. The zero-order valence-corrected chi connectivity index (χ0v) is 18.4. The number of nitrogens with one attached hydrogen (secondary N) is 1. The first-order valence-corrected chi connectivity index (χ1v) is 9.90. The summed E-state index contributed by atoms with van der Waals surface area (Å²) in [4.78, 5) is 28.2. The van der Waals surface area contributed by atoms with Gasteiger partial charge in [-0.3, -0.25) is 14.5 Å². The molecular weight excluding hydrogens is 382 g/mol. The van der Waals surface area contributed by atoms with Crippen molar-refractivity contribution in [1.82, 2.24) is 15.1 Å². The number of amides is 2. The Hall–Kier alpha value is -3.06. The molecular formula is C23H31N3O4. The Labute approximate surface area is 178 Å². The first kappa shape index (κ1) is 23.2. The highest BCUT2D eigenvalue weighted by atomic mass is 16.5. The van der Waals surface area contributed by atoms with Gasteiger partial charge in [0.2, 0.25) is 5.91 Å². The second kappa shape index (κ2) is 11.2. The molecule has 0 unspecified atom stereocenters. The van der Waals surface area contributed by atoms with E-state index in [0.29, 0.717) is 43.2 Å². The standard InChI is InChI=1S/C23H31N3O4/c1-6-26(15-18-9-12-20(29-4)21(13-18)30-5)22(27)16-25(3)14-17-7-10-19(11-8-17)23(28)24-2/h7-13H,6,14-16H2,1-5H3,(H,24,28). The van der Waals surface area contributed by atoms with Crippen LogP contribution >= 0.6 is 0 Å². The molecule has 2 rings (SSSR count). The highest BCUT2D eigenvalue weighted by molar-refractivity contribution is 5.93. The summed E-state index contributed by atoms with van der Waals surface area (Å²) in [5.74, 6) is 1.25. The Morgan fingerprint density at radius 2 is 1.57 bits per heavy atom. The molecule has 2 amide bonds. The van der Waals surface area contributed by atoms with E-state index in [1.165, 1.54) is 0 Å². The number of likely N-dealkylation sites (N-methyl/N-ethyl adjacent to an activating group) is 2. The molecule has 0 aliphatic rings. The molecule has 0 spiro atoms. The summed E-state index contributed by atoms with van der Waals surface area (Å²) in [6, 6.07) is 13.1. The lowest BCUT2D eigenvalue weighted by Gasteiger charge is -2.25. The van der Waals surface area contributed by atoms with Crippen LogP contribution in [0.25, 0.3) is 0 Å². The first-order chi connectivity index (χ1) is 14.4. The number of benzene rings is 2. The lowest BCUT2D eigenvalue weighted by Crippen LogP contribution is -2.38. The lowest BCUT2D eigenvalue weighted by molar-refractivity contribution is -0.132. The topological polar surface area (TPSA) is 71.1 Å². The van der Waals surface area contributed by atoms with Gasteiger partial charge in [0, 0.05) is 32.2 Å². The molecule has 2 aromatic carbocycles. The van der Waals surface area contributed by atoms with Crippen LogP contribution in [0.1, 0.15) is 28.4 Å². The highest BCUT2D eigenvalue weighted by Gasteiger charge is 2.16. The van der Waals surface area contributed by atoms with Crippen LogP contribution in [-0.2, 0) is 17.9 Å².